The van der Waals surface area contributed by atoms with E-state index in [0.29, 0.717) is 6.42 Å². The number of halogens is 1. The molecule has 17 heavy (non-hydrogen) atoms. The van der Waals surface area contributed by atoms with Gasteiger partial charge in [0.25, 0.3) is 0 Å². The Bertz CT molecular complexity index is 536. The average molecular weight is 252 g/mol. The Morgan fingerprint density at radius 3 is 3.00 bits per heavy atom. The Morgan fingerprint density at radius 1 is 1.41 bits per heavy atom. The molecule has 0 radical (unpaired) electrons. The number of amides is 1. The van der Waals surface area contributed by atoms with Crippen LogP contribution in [0.3, 0.4) is 0 Å². The standard InChI is InChI=1S/C12H14ClN3O/c13-10-4-3-9-5-7-16(11(9)8-10)6-1-2-12(17)15-14/h3-5,7-8H,1-2,6,14H2,(H,15,17). The van der Waals surface area contributed by atoms with Gasteiger partial charge in [0.1, 0.15) is 0 Å². The maximum absolute atomic E-state index is 11.0. The molecule has 0 unspecified atom stereocenters. The monoisotopic (exact) mass is 251 g/mol. The lowest BCUT2D eigenvalue weighted by molar-refractivity contribution is -0.121. The van der Waals surface area contributed by atoms with Crippen LogP contribution in [0.4, 0.5) is 0 Å². The highest BCUT2D eigenvalue weighted by Crippen LogP contribution is 2.20. The van der Waals surface area contributed by atoms with E-state index in [9.17, 15) is 4.79 Å². The summed E-state index contributed by atoms with van der Waals surface area (Å²) < 4.78 is 2.09. The third kappa shape index (κ3) is 2.78. The molecule has 1 aromatic heterocycles. The first-order chi connectivity index (χ1) is 8.20. The van der Waals surface area contributed by atoms with Crippen LogP contribution in [0.15, 0.2) is 30.5 Å². The Hall–Kier alpha value is -1.52. The van der Waals surface area contributed by atoms with Gasteiger partial charge in [0, 0.05) is 29.7 Å². The van der Waals surface area contributed by atoms with Gasteiger partial charge in [0.05, 0.1) is 0 Å². The summed E-state index contributed by atoms with van der Waals surface area (Å²) in [5, 5.41) is 1.87. The van der Waals surface area contributed by atoms with E-state index < -0.39 is 0 Å². The fourth-order valence-corrected chi connectivity index (χ4v) is 2.00. The maximum atomic E-state index is 11.0. The summed E-state index contributed by atoms with van der Waals surface area (Å²) in [6.07, 6.45) is 3.18. The number of carbonyl (C=O) groups is 1. The minimum Gasteiger partial charge on any atom is -0.347 e. The van der Waals surface area contributed by atoms with Crippen molar-refractivity contribution in [3.05, 3.63) is 35.5 Å². The van der Waals surface area contributed by atoms with Gasteiger partial charge < -0.3 is 4.57 Å². The normalized spacial score (nSPS) is 10.7. The number of hydrogen-bond acceptors (Lipinski definition) is 2. The van der Waals surface area contributed by atoms with Gasteiger partial charge in [-0.2, -0.15) is 0 Å². The lowest BCUT2D eigenvalue weighted by Gasteiger charge is -2.05. The molecule has 0 spiro atoms. The Kier molecular flexibility index (Phi) is 3.66. The molecule has 1 aromatic carbocycles. The van der Waals surface area contributed by atoms with Gasteiger partial charge in [-0.1, -0.05) is 17.7 Å². The first kappa shape index (κ1) is 12.0. The summed E-state index contributed by atoms with van der Waals surface area (Å²) in [4.78, 5) is 11.0. The Morgan fingerprint density at radius 2 is 2.24 bits per heavy atom. The number of hydrogen-bond donors (Lipinski definition) is 2. The zero-order chi connectivity index (χ0) is 12.3. The molecule has 5 heteroatoms. The van der Waals surface area contributed by atoms with Crippen LogP contribution in [0.1, 0.15) is 12.8 Å². The van der Waals surface area contributed by atoms with Gasteiger partial charge in [-0.15, -0.1) is 0 Å². The molecule has 90 valence electrons. The van der Waals surface area contributed by atoms with E-state index in [2.05, 4.69) is 9.99 Å². The predicted octanol–water partition coefficient (Wildman–Crippen LogP) is 2.06. The largest absolute Gasteiger partial charge is 0.347 e. The summed E-state index contributed by atoms with van der Waals surface area (Å²) >= 11 is 5.96. The summed E-state index contributed by atoms with van der Waals surface area (Å²) in [6.45, 7) is 0.775. The number of carbonyl (C=O) groups excluding carboxylic acids is 1. The van der Waals surface area contributed by atoms with Gasteiger partial charge in [0.2, 0.25) is 5.91 Å². The number of fused-ring (bicyclic) bond motifs is 1. The van der Waals surface area contributed by atoms with E-state index in [4.69, 9.17) is 17.4 Å². The second-order valence-corrected chi connectivity index (χ2v) is 4.32. The van der Waals surface area contributed by atoms with Crippen molar-refractivity contribution in [2.75, 3.05) is 0 Å². The minimum atomic E-state index is -0.139. The van der Waals surface area contributed by atoms with Crippen LogP contribution in [-0.2, 0) is 11.3 Å². The van der Waals surface area contributed by atoms with Crippen LogP contribution in [0.25, 0.3) is 10.9 Å². The second kappa shape index (κ2) is 5.21. The molecule has 4 nitrogen and oxygen atoms in total. The molecule has 0 aliphatic rings. The highest BCUT2D eigenvalue weighted by atomic mass is 35.5. The topological polar surface area (TPSA) is 60.0 Å². The molecule has 0 saturated carbocycles. The number of nitrogens with two attached hydrogens (primary N) is 1. The number of benzene rings is 1. The van der Waals surface area contributed by atoms with E-state index >= 15 is 0 Å². The number of hydrazine groups is 1. The summed E-state index contributed by atoms with van der Waals surface area (Å²) in [5.74, 6) is 4.88. The van der Waals surface area contributed by atoms with E-state index in [1.54, 1.807) is 0 Å². The summed E-state index contributed by atoms with van der Waals surface area (Å²) in [6, 6.07) is 7.82. The first-order valence-electron chi connectivity index (χ1n) is 5.44. The predicted molar refractivity (Wildman–Crippen MR) is 68.5 cm³/mol. The van der Waals surface area contributed by atoms with Crippen molar-refractivity contribution in [3.8, 4) is 0 Å². The number of rotatable bonds is 4. The minimum absolute atomic E-state index is 0.139. The lowest BCUT2D eigenvalue weighted by atomic mass is 10.2. The fraction of sp³-hybridized carbons (Fsp3) is 0.250. The van der Waals surface area contributed by atoms with Crippen molar-refractivity contribution < 1.29 is 4.79 Å². The second-order valence-electron chi connectivity index (χ2n) is 3.88. The third-order valence-electron chi connectivity index (χ3n) is 2.70. The van der Waals surface area contributed by atoms with E-state index in [0.717, 1.165) is 28.9 Å². The van der Waals surface area contributed by atoms with Crippen LogP contribution in [0, 0.1) is 0 Å². The van der Waals surface area contributed by atoms with Crippen molar-refractivity contribution in [2.45, 2.75) is 19.4 Å². The van der Waals surface area contributed by atoms with Crippen LogP contribution in [0.2, 0.25) is 5.02 Å². The van der Waals surface area contributed by atoms with Gasteiger partial charge >= 0.3 is 0 Å². The maximum Gasteiger partial charge on any atom is 0.233 e. The highest BCUT2D eigenvalue weighted by Gasteiger charge is 2.03. The van der Waals surface area contributed by atoms with Crippen LogP contribution in [0.5, 0.6) is 0 Å². The number of aromatic nitrogens is 1. The van der Waals surface area contributed by atoms with E-state index in [-0.39, 0.29) is 5.91 Å². The van der Waals surface area contributed by atoms with Crippen LogP contribution >= 0.6 is 11.6 Å². The zero-order valence-electron chi connectivity index (χ0n) is 9.32. The molecular formula is C12H14ClN3O. The molecule has 1 heterocycles. The SMILES string of the molecule is NNC(=O)CCCn1ccc2ccc(Cl)cc21. The van der Waals surface area contributed by atoms with Crippen LogP contribution < -0.4 is 11.3 Å². The molecular weight excluding hydrogens is 238 g/mol. The van der Waals surface area contributed by atoms with Crippen molar-refractivity contribution in [3.63, 3.8) is 0 Å². The average Bonchev–Trinajstić information content (AvgIpc) is 2.72. The van der Waals surface area contributed by atoms with Crippen molar-refractivity contribution >= 4 is 28.4 Å². The molecule has 2 rings (SSSR count). The van der Waals surface area contributed by atoms with E-state index in [1.807, 2.05) is 30.5 Å². The van der Waals surface area contributed by atoms with Crippen molar-refractivity contribution in [2.24, 2.45) is 5.84 Å². The molecule has 0 saturated heterocycles. The number of nitrogens with zero attached hydrogens (tertiary/aromatic N) is 1. The van der Waals surface area contributed by atoms with E-state index in [1.165, 1.54) is 0 Å². The molecule has 1 amide bonds. The van der Waals surface area contributed by atoms with Gasteiger partial charge in [-0.25, -0.2) is 5.84 Å². The third-order valence-corrected chi connectivity index (χ3v) is 2.93. The highest BCUT2D eigenvalue weighted by molar-refractivity contribution is 6.31. The molecule has 0 atom stereocenters. The quantitative estimate of drug-likeness (QED) is 0.496. The smallest absolute Gasteiger partial charge is 0.233 e. The first-order valence-corrected chi connectivity index (χ1v) is 5.82. The molecule has 0 aliphatic heterocycles. The van der Waals surface area contributed by atoms with Gasteiger partial charge in [0.15, 0.2) is 0 Å². The van der Waals surface area contributed by atoms with Gasteiger partial charge in [-0.05, 0) is 30.0 Å². The summed E-state index contributed by atoms with van der Waals surface area (Å²) in [5.41, 5.74) is 3.21. The Balaban J connectivity index is 2.08. The fourth-order valence-electron chi connectivity index (χ4n) is 1.83. The number of nitrogens with one attached hydrogen (secondary N) is 1. The number of aryl methyl sites for hydroxylation is 1. The van der Waals surface area contributed by atoms with Crippen LogP contribution in [-0.4, -0.2) is 10.5 Å². The molecule has 3 N–H and O–H groups in total. The molecule has 2 aromatic rings. The molecule has 0 fully saturated rings. The summed E-state index contributed by atoms with van der Waals surface area (Å²) in [7, 11) is 0. The molecule has 0 bridgehead atoms. The van der Waals surface area contributed by atoms with Gasteiger partial charge in [-0.3, -0.25) is 10.2 Å². The Labute approximate surface area is 104 Å². The van der Waals surface area contributed by atoms with Crippen molar-refractivity contribution in [1.29, 1.82) is 0 Å². The lowest BCUT2D eigenvalue weighted by Crippen LogP contribution is -2.29. The zero-order valence-corrected chi connectivity index (χ0v) is 10.1. The van der Waals surface area contributed by atoms with Crippen molar-refractivity contribution in [1.82, 2.24) is 9.99 Å². The molecule has 0 aliphatic carbocycles.